The standard InChI is InChI=1S/C37H47N5O6S/c1-5-7-15-33-38-37(18-20-41(21-19-37)35(43)28-11-10-12-28)36(44)42(33)23-27-16-17-30(29(22-27)24-47-6-2)31-13-8-9-14-32(31)49(45,46)40-34-25(3)26(4)48-39-34/h8-9,13-14,16-17,22,28H,5-7,10-12,15,18-21,23-24H2,1-4H3,(H,39,40). The van der Waals surface area contributed by atoms with Gasteiger partial charge in [-0.1, -0.05) is 61.3 Å². The molecule has 1 saturated carbocycles. The molecule has 2 aliphatic heterocycles. The summed E-state index contributed by atoms with van der Waals surface area (Å²) >= 11 is 0. The molecule has 1 saturated heterocycles. The molecule has 3 aromatic rings. The maximum Gasteiger partial charge on any atom is 0.263 e. The normalized spacial score (nSPS) is 17.8. The molecule has 12 heteroatoms. The van der Waals surface area contributed by atoms with Crippen LogP contribution in [0.3, 0.4) is 0 Å². The summed E-state index contributed by atoms with van der Waals surface area (Å²) < 4.78 is 41.0. The second kappa shape index (κ2) is 14.4. The molecule has 2 fully saturated rings. The topological polar surface area (TPSA) is 134 Å². The molecule has 1 spiro atoms. The van der Waals surface area contributed by atoms with Crippen molar-refractivity contribution in [2.45, 2.75) is 103 Å². The number of hydrogen-bond acceptors (Lipinski definition) is 8. The summed E-state index contributed by atoms with van der Waals surface area (Å²) in [5.41, 5.74) is 2.76. The maximum atomic E-state index is 14.2. The van der Waals surface area contributed by atoms with Crippen molar-refractivity contribution in [2.24, 2.45) is 10.9 Å². The van der Waals surface area contributed by atoms with Gasteiger partial charge in [0.25, 0.3) is 15.9 Å². The molecule has 3 heterocycles. The Hall–Kier alpha value is -4.03. The van der Waals surface area contributed by atoms with Crippen LogP contribution in [0.2, 0.25) is 0 Å². The summed E-state index contributed by atoms with van der Waals surface area (Å²) in [6.45, 7) is 9.73. The minimum Gasteiger partial charge on any atom is -0.377 e. The monoisotopic (exact) mass is 689 g/mol. The lowest BCUT2D eigenvalue weighted by atomic mass is 9.82. The number of amides is 2. The Morgan fingerprint density at radius 3 is 2.49 bits per heavy atom. The number of benzene rings is 2. The van der Waals surface area contributed by atoms with E-state index < -0.39 is 15.6 Å². The summed E-state index contributed by atoms with van der Waals surface area (Å²) in [5.74, 6) is 1.88. The number of carbonyl (C=O) groups is 2. The number of carbonyl (C=O) groups excluding carboxylic acids is 2. The Bertz CT molecular complexity index is 1840. The Balaban J connectivity index is 1.27. The van der Waals surface area contributed by atoms with E-state index in [-0.39, 0.29) is 35.1 Å². The number of amidine groups is 1. The highest BCUT2D eigenvalue weighted by atomic mass is 32.2. The number of aryl methyl sites for hydroxylation is 1. The van der Waals surface area contributed by atoms with Crippen LogP contribution < -0.4 is 4.72 Å². The summed E-state index contributed by atoms with van der Waals surface area (Å²) in [7, 11) is -4.03. The summed E-state index contributed by atoms with van der Waals surface area (Å²) in [4.78, 5) is 36.1. The van der Waals surface area contributed by atoms with Crippen LogP contribution in [0.1, 0.15) is 87.7 Å². The van der Waals surface area contributed by atoms with Crippen molar-refractivity contribution in [3.05, 3.63) is 64.9 Å². The van der Waals surface area contributed by atoms with Crippen LogP contribution in [-0.2, 0) is 37.5 Å². The second-order valence-electron chi connectivity index (χ2n) is 13.5. The molecule has 49 heavy (non-hydrogen) atoms. The van der Waals surface area contributed by atoms with Gasteiger partial charge in [-0.05, 0) is 75.6 Å². The minimum absolute atomic E-state index is 0.00526. The highest BCUT2D eigenvalue weighted by molar-refractivity contribution is 7.92. The van der Waals surface area contributed by atoms with Gasteiger partial charge in [0.1, 0.15) is 17.1 Å². The van der Waals surface area contributed by atoms with Crippen LogP contribution in [0, 0.1) is 19.8 Å². The van der Waals surface area contributed by atoms with Crippen molar-refractivity contribution in [3.63, 3.8) is 0 Å². The van der Waals surface area contributed by atoms with Crippen molar-refractivity contribution >= 4 is 33.5 Å². The highest BCUT2D eigenvalue weighted by Gasteiger charge is 2.50. The quantitative estimate of drug-likeness (QED) is 0.220. The number of nitrogens with one attached hydrogen (secondary N) is 1. The average Bonchev–Trinajstić information content (AvgIpc) is 3.51. The fourth-order valence-corrected chi connectivity index (χ4v) is 8.17. The third-order valence-electron chi connectivity index (χ3n) is 10.2. The molecule has 1 N–H and O–H groups in total. The minimum atomic E-state index is -4.03. The van der Waals surface area contributed by atoms with Gasteiger partial charge in [0.2, 0.25) is 5.91 Å². The fraction of sp³-hybridized carbons (Fsp3) is 0.514. The number of likely N-dealkylation sites (tertiary alicyclic amines) is 1. The number of hydrogen-bond donors (Lipinski definition) is 1. The maximum absolute atomic E-state index is 14.2. The van der Waals surface area contributed by atoms with Gasteiger partial charge in [-0.3, -0.25) is 24.2 Å². The van der Waals surface area contributed by atoms with Gasteiger partial charge in [-0.2, -0.15) is 0 Å². The molecular weight excluding hydrogens is 643 g/mol. The first-order chi connectivity index (χ1) is 23.6. The van der Waals surface area contributed by atoms with Crippen molar-refractivity contribution in [2.75, 3.05) is 24.4 Å². The number of nitrogens with zero attached hydrogens (tertiary/aromatic N) is 4. The molecule has 262 valence electrons. The summed E-state index contributed by atoms with van der Waals surface area (Å²) in [5, 5.41) is 3.89. The SMILES string of the molecule is CCCCC1=NC2(CCN(C(=O)C3CCC3)CC2)C(=O)N1Cc1ccc(-c2ccccc2S(=O)(=O)Nc2noc(C)c2C)c(COCC)c1. The van der Waals surface area contributed by atoms with Crippen LogP contribution >= 0.6 is 0 Å². The van der Waals surface area contributed by atoms with Gasteiger partial charge in [0, 0.05) is 43.2 Å². The summed E-state index contributed by atoms with van der Waals surface area (Å²) in [6, 6.07) is 12.7. The van der Waals surface area contributed by atoms with Crippen LogP contribution in [0.5, 0.6) is 0 Å². The average molecular weight is 690 g/mol. The summed E-state index contributed by atoms with van der Waals surface area (Å²) in [6.07, 6.45) is 6.75. The predicted molar refractivity (Wildman–Crippen MR) is 187 cm³/mol. The van der Waals surface area contributed by atoms with Crippen LogP contribution in [0.25, 0.3) is 11.1 Å². The van der Waals surface area contributed by atoms with E-state index in [0.29, 0.717) is 62.4 Å². The van der Waals surface area contributed by atoms with Crippen molar-refractivity contribution < 1.29 is 27.3 Å². The smallest absolute Gasteiger partial charge is 0.263 e. The van der Waals surface area contributed by atoms with Crippen LogP contribution in [-0.4, -0.2) is 66.3 Å². The van der Waals surface area contributed by atoms with E-state index in [9.17, 15) is 18.0 Å². The molecule has 1 aromatic heterocycles. The number of ether oxygens (including phenoxy) is 1. The fourth-order valence-electron chi connectivity index (χ4n) is 6.89. The first-order valence-corrected chi connectivity index (χ1v) is 19.0. The van der Waals surface area contributed by atoms with Gasteiger partial charge < -0.3 is 14.2 Å². The number of aromatic nitrogens is 1. The first-order valence-electron chi connectivity index (χ1n) is 17.5. The predicted octanol–water partition coefficient (Wildman–Crippen LogP) is 6.39. The van der Waals surface area contributed by atoms with Crippen molar-refractivity contribution in [3.8, 4) is 11.1 Å². The van der Waals surface area contributed by atoms with Gasteiger partial charge in [0.05, 0.1) is 18.0 Å². The molecule has 2 amide bonds. The molecule has 0 unspecified atom stereocenters. The Morgan fingerprint density at radius 2 is 1.84 bits per heavy atom. The van der Waals surface area contributed by atoms with Crippen molar-refractivity contribution in [1.29, 1.82) is 0 Å². The van der Waals surface area contributed by atoms with E-state index in [1.807, 2.05) is 41.0 Å². The number of sulfonamides is 1. The zero-order valence-electron chi connectivity index (χ0n) is 29.0. The molecular formula is C37H47N5O6S. The van der Waals surface area contributed by atoms with E-state index in [2.05, 4.69) is 16.8 Å². The number of unbranched alkanes of at least 4 members (excludes halogenated alkanes) is 1. The molecule has 2 aromatic carbocycles. The van der Waals surface area contributed by atoms with Crippen LogP contribution in [0.15, 0.2) is 56.9 Å². The molecule has 3 aliphatic rings. The lowest BCUT2D eigenvalue weighted by Crippen LogP contribution is -2.52. The second-order valence-corrected chi connectivity index (χ2v) is 15.1. The van der Waals surface area contributed by atoms with E-state index >= 15 is 0 Å². The number of aliphatic imine (C=N–C) groups is 1. The van der Waals surface area contributed by atoms with Gasteiger partial charge in [-0.15, -0.1) is 0 Å². The van der Waals surface area contributed by atoms with Gasteiger partial charge in [-0.25, -0.2) is 8.42 Å². The van der Waals surface area contributed by atoms with E-state index in [1.54, 1.807) is 32.0 Å². The molecule has 0 atom stereocenters. The van der Waals surface area contributed by atoms with Gasteiger partial charge >= 0.3 is 0 Å². The largest absolute Gasteiger partial charge is 0.377 e. The number of anilines is 1. The lowest BCUT2D eigenvalue weighted by Gasteiger charge is -2.39. The number of piperidine rings is 1. The molecule has 1 aliphatic carbocycles. The van der Waals surface area contributed by atoms with E-state index in [0.717, 1.165) is 54.6 Å². The zero-order valence-corrected chi connectivity index (χ0v) is 29.8. The van der Waals surface area contributed by atoms with E-state index in [4.69, 9.17) is 14.3 Å². The number of rotatable bonds is 13. The molecule has 6 rings (SSSR count). The van der Waals surface area contributed by atoms with E-state index in [1.165, 1.54) is 0 Å². The lowest BCUT2D eigenvalue weighted by molar-refractivity contribution is -0.143. The molecule has 0 radical (unpaired) electrons. The Morgan fingerprint density at radius 1 is 1.08 bits per heavy atom. The first kappa shape index (κ1) is 34.8. The van der Waals surface area contributed by atoms with Gasteiger partial charge in [0.15, 0.2) is 5.82 Å². The molecule has 11 nitrogen and oxygen atoms in total. The third-order valence-corrected chi connectivity index (χ3v) is 11.6. The zero-order chi connectivity index (χ0) is 34.8. The van der Waals surface area contributed by atoms with Crippen molar-refractivity contribution in [1.82, 2.24) is 15.0 Å². The Kier molecular flexibility index (Phi) is 10.3. The van der Waals surface area contributed by atoms with Crippen LogP contribution in [0.4, 0.5) is 5.82 Å². The molecule has 0 bridgehead atoms. The Labute approximate surface area is 289 Å². The third kappa shape index (κ3) is 7.03. The highest BCUT2D eigenvalue weighted by Crippen LogP contribution is 2.38.